The van der Waals surface area contributed by atoms with Gasteiger partial charge in [-0.25, -0.2) is 0 Å². The molecule has 0 atom stereocenters. The standard InChI is InChI=1S/C15H16O4/c1-10-4-6-13(18-3)12(8-10)15(16)14-7-5-11(19-14)9-17-2/h4-8H,9H2,1-3H3. The van der Waals surface area contributed by atoms with E-state index in [1.54, 1.807) is 38.5 Å². The van der Waals surface area contributed by atoms with Crippen LogP contribution in [0.3, 0.4) is 0 Å². The molecule has 0 aliphatic rings. The Morgan fingerprint density at radius 2 is 2.00 bits per heavy atom. The molecule has 0 saturated carbocycles. The molecule has 1 aromatic heterocycles. The molecule has 2 rings (SSSR count). The fourth-order valence-corrected chi connectivity index (χ4v) is 1.85. The molecule has 1 aromatic carbocycles. The van der Waals surface area contributed by atoms with Gasteiger partial charge in [0.05, 0.1) is 12.7 Å². The highest BCUT2D eigenvalue weighted by molar-refractivity contribution is 6.09. The van der Waals surface area contributed by atoms with E-state index in [-0.39, 0.29) is 11.5 Å². The third-order valence-electron chi connectivity index (χ3n) is 2.77. The quantitative estimate of drug-likeness (QED) is 0.775. The van der Waals surface area contributed by atoms with Gasteiger partial charge in [0.1, 0.15) is 18.1 Å². The molecule has 0 N–H and O–H groups in total. The second-order valence-electron chi connectivity index (χ2n) is 4.23. The summed E-state index contributed by atoms with van der Waals surface area (Å²) in [5, 5.41) is 0. The number of carbonyl (C=O) groups is 1. The zero-order chi connectivity index (χ0) is 13.8. The Balaban J connectivity index is 2.34. The Labute approximate surface area is 111 Å². The third-order valence-corrected chi connectivity index (χ3v) is 2.77. The van der Waals surface area contributed by atoms with Crippen molar-refractivity contribution in [2.45, 2.75) is 13.5 Å². The number of hydrogen-bond donors (Lipinski definition) is 0. The molecule has 0 bridgehead atoms. The maximum atomic E-state index is 12.4. The van der Waals surface area contributed by atoms with Crippen molar-refractivity contribution in [1.82, 2.24) is 0 Å². The van der Waals surface area contributed by atoms with Crippen molar-refractivity contribution in [3.05, 3.63) is 53.0 Å². The summed E-state index contributed by atoms with van der Waals surface area (Å²) in [6.45, 7) is 2.27. The molecule has 0 radical (unpaired) electrons. The van der Waals surface area contributed by atoms with E-state index in [4.69, 9.17) is 13.9 Å². The van der Waals surface area contributed by atoms with Gasteiger partial charge in [-0.15, -0.1) is 0 Å². The van der Waals surface area contributed by atoms with Gasteiger partial charge in [-0.2, -0.15) is 0 Å². The zero-order valence-corrected chi connectivity index (χ0v) is 11.2. The average molecular weight is 260 g/mol. The first kappa shape index (κ1) is 13.4. The van der Waals surface area contributed by atoms with E-state index in [0.29, 0.717) is 23.7 Å². The summed E-state index contributed by atoms with van der Waals surface area (Å²) in [6, 6.07) is 8.85. The van der Waals surface area contributed by atoms with Crippen molar-refractivity contribution < 1.29 is 18.7 Å². The van der Waals surface area contributed by atoms with Crippen molar-refractivity contribution in [3.63, 3.8) is 0 Å². The molecular weight excluding hydrogens is 244 g/mol. The largest absolute Gasteiger partial charge is 0.496 e. The third kappa shape index (κ3) is 2.85. The molecule has 0 aliphatic carbocycles. The minimum atomic E-state index is -0.192. The fourth-order valence-electron chi connectivity index (χ4n) is 1.85. The highest BCUT2D eigenvalue weighted by Crippen LogP contribution is 2.23. The van der Waals surface area contributed by atoms with Gasteiger partial charge in [-0.05, 0) is 31.2 Å². The monoisotopic (exact) mass is 260 g/mol. The predicted molar refractivity (Wildman–Crippen MR) is 70.6 cm³/mol. The first-order chi connectivity index (χ1) is 9.15. The van der Waals surface area contributed by atoms with Gasteiger partial charge in [0.15, 0.2) is 5.76 Å². The minimum Gasteiger partial charge on any atom is -0.496 e. The SMILES string of the molecule is COCc1ccc(C(=O)c2cc(C)ccc2OC)o1. The van der Waals surface area contributed by atoms with Crippen molar-refractivity contribution in [2.75, 3.05) is 14.2 Å². The number of ether oxygens (including phenoxy) is 2. The summed E-state index contributed by atoms with van der Waals surface area (Å²) < 4.78 is 15.6. The van der Waals surface area contributed by atoms with Crippen LogP contribution in [0.5, 0.6) is 5.75 Å². The lowest BCUT2D eigenvalue weighted by atomic mass is 10.1. The van der Waals surface area contributed by atoms with Crippen molar-refractivity contribution in [2.24, 2.45) is 0 Å². The van der Waals surface area contributed by atoms with Crippen molar-refractivity contribution in [1.29, 1.82) is 0 Å². The number of furan rings is 1. The molecule has 19 heavy (non-hydrogen) atoms. The molecule has 1 heterocycles. The number of ketones is 1. The second kappa shape index (κ2) is 5.71. The Morgan fingerprint density at radius 3 is 2.68 bits per heavy atom. The number of hydrogen-bond acceptors (Lipinski definition) is 4. The van der Waals surface area contributed by atoms with Gasteiger partial charge in [0, 0.05) is 7.11 Å². The van der Waals surface area contributed by atoms with Crippen LogP contribution in [0.1, 0.15) is 27.4 Å². The molecule has 0 aliphatic heterocycles. The van der Waals surface area contributed by atoms with Crippen molar-refractivity contribution in [3.8, 4) is 5.75 Å². The molecule has 2 aromatic rings. The van der Waals surface area contributed by atoms with Gasteiger partial charge >= 0.3 is 0 Å². The fraction of sp³-hybridized carbons (Fsp3) is 0.267. The van der Waals surface area contributed by atoms with Gasteiger partial charge in [0.25, 0.3) is 0 Å². The summed E-state index contributed by atoms with van der Waals surface area (Å²) in [5.74, 6) is 1.26. The zero-order valence-electron chi connectivity index (χ0n) is 11.2. The Morgan fingerprint density at radius 1 is 1.21 bits per heavy atom. The average Bonchev–Trinajstić information content (AvgIpc) is 2.87. The molecule has 100 valence electrons. The van der Waals surface area contributed by atoms with Crippen LogP contribution < -0.4 is 4.74 Å². The minimum absolute atomic E-state index is 0.192. The maximum absolute atomic E-state index is 12.4. The Kier molecular flexibility index (Phi) is 4.02. The van der Waals surface area contributed by atoms with E-state index in [1.807, 2.05) is 13.0 Å². The molecule has 0 fully saturated rings. The normalized spacial score (nSPS) is 10.5. The summed E-state index contributed by atoms with van der Waals surface area (Å²) >= 11 is 0. The summed E-state index contributed by atoms with van der Waals surface area (Å²) in [6.07, 6.45) is 0. The molecule has 4 nitrogen and oxygen atoms in total. The number of aryl methyl sites for hydroxylation is 1. The number of benzene rings is 1. The topological polar surface area (TPSA) is 48.7 Å². The van der Waals surface area contributed by atoms with Gasteiger partial charge in [-0.1, -0.05) is 11.6 Å². The van der Waals surface area contributed by atoms with Crippen LogP contribution in [-0.4, -0.2) is 20.0 Å². The highest BCUT2D eigenvalue weighted by atomic mass is 16.5. The Hall–Kier alpha value is -2.07. The maximum Gasteiger partial charge on any atom is 0.231 e. The summed E-state index contributed by atoms with van der Waals surface area (Å²) in [5.41, 5.74) is 1.49. The lowest BCUT2D eigenvalue weighted by molar-refractivity contribution is 0.0997. The van der Waals surface area contributed by atoms with Crippen LogP contribution in [0.15, 0.2) is 34.7 Å². The number of carbonyl (C=O) groups excluding carboxylic acids is 1. The second-order valence-corrected chi connectivity index (χ2v) is 4.23. The molecule has 0 unspecified atom stereocenters. The van der Waals surface area contributed by atoms with E-state index in [0.717, 1.165) is 5.56 Å². The van der Waals surface area contributed by atoms with E-state index in [1.165, 1.54) is 0 Å². The molecule has 4 heteroatoms. The van der Waals surface area contributed by atoms with Crippen LogP contribution in [0.25, 0.3) is 0 Å². The van der Waals surface area contributed by atoms with Gasteiger partial charge in [-0.3, -0.25) is 4.79 Å². The molecule has 0 amide bonds. The first-order valence-electron chi connectivity index (χ1n) is 5.92. The lowest BCUT2D eigenvalue weighted by Gasteiger charge is -2.07. The first-order valence-corrected chi connectivity index (χ1v) is 5.92. The van der Waals surface area contributed by atoms with Crippen LogP contribution >= 0.6 is 0 Å². The summed E-state index contributed by atoms with van der Waals surface area (Å²) in [4.78, 5) is 12.4. The molecule has 0 saturated heterocycles. The van der Waals surface area contributed by atoms with E-state index >= 15 is 0 Å². The van der Waals surface area contributed by atoms with E-state index < -0.39 is 0 Å². The van der Waals surface area contributed by atoms with Crippen LogP contribution in [0.2, 0.25) is 0 Å². The van der Waals surface area contributed by atoms with Crippen molar-refractivity contribution >= 4 is 5.78 Å². The van der Waals surface area contributed by atoms with Gasteiger partial charge in [0.2, 0.25) is 5.78 Å². The highest BCUT2D eigenvalue weighted by Gasteiger charge is 2.18. The smallest absolute Gasteiger partial charge is 0.231 e. The van der Waals surface area contributed by atoms with Gasteiger partial charge < -0.3 is 13.9 Å². The van der Waals surface area contributed by atoms with Crippen LogP contribution in [0.4, 0.5) is 0 Å². The molecular formula is C15H16O4. The van der Waals surface area contributed by atoms with E-state index in [9.17, 15) is 4.79 Å². The lowest BCUT2D eigenvalue weighted by Crippen LogP contribution is -2.03. The Bertz CT molecular complexity index is 584. The molecule has 0 spiro atoms. The number of methoxy groups -OCH3 is 2. The number of rotatable bonds is 5. The summed E-state index contributed by atoms with van der Waals surface area (Å²) in [7, 11) is 3.12. The predicted octanol–water partition coefficient (Wildman–Crippen LogP) is 2.97. The van der Waals surface area contributed by atoms with Crippen LogP contribution in [-0.2, 0) is 11.3 Å². The van der Waals surface area contributed by atoms with Crippen LogP contribution in [0, 0.1) is 6.92 Å². The van der Waals surface area contributed by atoms with E-state index in [2.05, 4.69) is 0 Å².